The molecule has 1 unspecified atom stereocenters. The summed E-state index contributed by atoms with van der Waals surface area (Å²) in [6.07, 6.45) is 3.10. The van der Waals surface area contributed by atoms with E-state index in [0.29, 0.717) is 12.8 Å². The Morgan fingerprint density at radius 1 is 1.26 bits per heavy atom. The summed E-state index contributed by atoms with van der Waals surface area (Å²) in [6, 6.07) is 9.39. The number of benzene rings is 1. The van der Waals surface area contributed by atoms with E-state index in [1.807, 2.05) is 24.3 Å². The fourth-order valence-corrected chi connectivity index (χ4v) is 2.79. The van der Waals surface area contributed by atoms with Crippen LogP contribution < -0.4 is 0 Å². The fraction of sp³-hybridized carbons (Fsp3) is 0.357. The second-order valence-corrected chi connectivity index (χ2v) is 6.96. The summed E-state index contributed by atoms with van der Waals surface area (Å²) in [4.78, 5) is 4.24. The maximum atomic E-state index is 11.1. The van der Waals surface area contributed by atoms with Gasteiger partial charge in [0.15, 0.2) is 0 Å². The number of sulfone groups is 1. The summed E-state index contributed by atoms with van der Waals surface area (Å²) in [7, 11) is -2.97. The highest BCUT2D eigenvalue weighted by Crippen LogP contribution is 2.25. The first kappa shape index (κ1) is 14.0. The Bertz CT molecular complexity index is 662. The van der Waals surface area contributed by atoms with E-state index in [1.54, 1.807) is 12.3 Å². The first-order chi connectivity index (χ1) is 8.97. The Morgan fingerprint density at radius 2 is 2.00 bits per heavy atom. The van der Waals surface area contributed by atoms with Crippen molar-refractivity contribution < 1.29 is 13.5 Å². The van der Waals surface area contributed by atoms with E-state index in [2.05, 4.69) is 4.98 Å². The Balaban J connectivity index is 2.15. The molecule has 0 aliphatic carbocycles. The van der Waals surface area contributed by atoms with Crippen molar-refractivity contribution in [3.8, 4) is 0 Å². The van der Waals surface area contributed by atoms with E-state index in [-0.39, 0.29) is 5.75 Å². The first-order valence-electron chi connectivity index (χ1n) is 6.17. The molecule has 2 aromatic rings. The molecule has 4 nitrogen and oxygen atoms in total. The molecule has 1 heterocycles. The highest BCUT2D eigenvalue weighted by molar-refractivity contribution is 7.90. The maximum absolute atomic E-state index is 11.1. The molecule has 0 bridgehead atoms. The van der Waals surface area contributed by atoms with Crippen molar-refractivity contribution >= 4 is 20.7 Å². The molecule has 5 heteroatoms. The maximum Gasteiger partial charge on any atom is 0.147 e. The van der Waals surface area contributed by atoms with Crippen LogP contribution in [0.3, 0.4) is 0 Å². The first-order valence-corrected chi connectivity index (χ1v) is 8.23. The van der Waals surface area contributed by atoms with Gasteiger partial charge in [0.25, 0.3) is 0 Å². The van der Waals surface area contributed by atoms with Gasteiger partial charge in [0.05, 0.1) is 11.6 Å². The standard InChI is InChI=1S/C14H17NO3S/c1-19(17,18)10-4-7-14(16)12-8-9-15-13-6-3-2-5-11(12)13/h2-3,5-6,8-9,14,16H,4,7,10H2,1H3. The number of pyridine rings is 1. The molecule has 0 fully saturated rings. The molecule has 1 atom stereocenters. The largest absolute Gasteiger partial charge is 0.388 e. The molecule has 102 valence electrons. The molecule has 0 spiro atoms. The predicted molar refractivity (Wildman–Crippen MR) is 75.6 cm³/mol. The van der Waals surface area contributed by atoms with Crippen LogP contribution in [0.15, 0.2) is 36.5 Å². The minimum atomic E-state index is -2.97. The second-order valence-electron chi connectivity index (χ2n) is 4.71. The van der Waals surface area contributed by atoms with Crippen LogP contribution in [-0.4, -0.2) is 30.5 Å². The van der Waals surface area contributed by atoms with Crippen LogP contribution in [-0.2, 0) is 9.84 Å². The molecule has 0 saturated carbocycles. The van der Waals surface area contributed by atoms with E-state index in [1.165, 1.54) is 6.26 Å². The Labute approximate surface area is 113 Å². The van der Waals surface area contributed by atoms with Crippen molar-refractivity contribution in [1.82, 2.24) is 4.98 Å². The van der Waals surface area contributed by atoms with Gasteiger partial charge in [0, 0.05) is 23.6 Å². The lowest BCUT2D eigenvalue weighted by Gasteiger charge is -2.13. The summed E-state index contributed by atoms with van der Waals surface area (Å²) >= 11 is 0. The number of hydrogen-bond donors (Lipinski definition) is 1. The highest BCUT2D eigenvalue weighted by Gasteiger charge is 2.12. The predicted octanol–water partition coefficient (Wildman–Crippen LogP) is 2.09. The SMILES string of the molecule is CS(=O)(=O)CCCC(O)c1ccnc2ccccc12. The Morgan fingerprint density at radius 3 is 2.74 bits per heavy atom. The van der Waals surface area contributed by atoms with Crippen LogP contribution in [0.25, 0.3) is 10.9 Å². The summed E-state index contributed by atoms with van der Waals surface area (Å²) < 4.78 is 22.1. The van der Waals surface area contributed by atoms with Gasteiger partial charge in [-0.05, 0) is 30.5 Å². The summed E-state index contributed by atoms with van der Waals surface area (Å²) in [5.41, 5.74) is 1.64. The summed E-state index contributed by atoms with van der Waals surface area (Å²) in [5, 5.41) is 11.1. The van der Waals surface area contributed by atoms with Crippen LogP contribution in [0.5, 0.6) is 0 Å². The normalized spacial score (nSPS) is 13.6. The summed E-state index contributed by atoms with van der Waals surface area (Å²) in [6.45, 7) is 0. The Hall–Kier alpha value is -1.46. The lowest BCUT2D eigenvalue weighted by molar-refractivity contribution is 0.168. The quantitative estimate of drug-likeness (QED) is 0.910. The minimum absolute atomic E-state index is 0.104. The monoisotopic (exact) mass is 279 g/mol. The molecular formula is C14H17NO3S. The molecule has 0 aliphatic rings. The number of aliphatic hydroxyl groups excluding tert-OH is 1. The third-order valence-corrected chi connectivity index (χ3v) is 4.06. The van der Waals surface area contributed by atoms with Gasteiger partial charge in [-0.1, -0.05) is 18.2 Å². The van der Waals surface area contributed by atoms with Gasteiger partial charge in [0.2, 0.25) is 0 Å². The van der Waals surface area contributed by atoms with Crippen LogP contribution in [0, 0.1) is 0 Å². The second kappa shape index (κ2) is 5.67. The number of fused-ring (bicyclic) bond motifs is 1. The van der Waals surface area contributed by atoms with Crippen LogP contribution in [0.2, 0.25) is 0 Å². The van der Waals surface area contributed by atoms with Gasteiger partial charge in [0.1, 0.15) is 9.84 Å². The molecule has 0 saturated heterocycles. The third-order valence-electron chi connectivity index (χ3n) is 3.03. The van der Waals surface area contributed by atoms with E-state index in [9.17, 15) is 13.5 Å². The number of hydrogen-bond acceptors (Lipinski definition) is 4. The topological polar surface area (TPSA) is 67.3 Å². The highest BCUT2D eigenvalue weighted by atomic mass is 32.2. The van der Waals surface area contributed by atoms with Gasteiger partial charge in [-0.15, -0.1) is 0 Å². The minimum Gasteiger partial charge on any atom is -0.388 e. The van der Waals surface area contributed by atoms with E-state index in [4.69, 9.17) is 0 Å². The van der Waals surface area contributed by atoms with E-state index < -0.39 is 15.9 Å². The summed E-state index contributed by atoms with van der Waals surface area (Å²) in [5.74, 6) is 0.104. The number of rotatable bonds is 5. The van der Waals surface area contributed by atoms with Gasteiger partial charge >= 0.3 is 0 Å². The number of para-hydroxylation sites is 1. The number of aliphatic hydroxyl groups is 1. The van der Waals surface area contributed by atoms with Gasteiger partial charge in [-0.25, -0.2) is 8.42 Å². The van der Waals surface area contributed by atoms with Crippen molar-refractivity contribution in [3.63, 3.8) is 0 Å². The average molecular weight is 279 g/mol. The molecule has 1 aromatic heterocycles. The van der Waals surface area contributed by atoms with Crippen molar-refractivity contribution in [1.29, 1.82) is 0 Å². The Kier molecular flexibility index (Phi) is 4.17. The molecule has 0 radical (unpaired) electrons. The molecular weight excluding hydrogens is 262 g/mol. The molecule has 1 aromatic carbocycles. The molecule has 1 N–H and O–H groups in total. The van der Waals surface area contributed by atoms with Gasteiger partial charge in [-0.2, -0.15) is 0 Å². The zero-order valence-corrected chi connectivity index (χ0v) is 11.6. The molecule has 0 aliphatic heterocycles. The molecule has 19 heavy (non-hydrogen) atoms. The zero-order chi connectivity index (χ0) is 13.9. The van der Waals surface area contributed by atoms with Crippen molar-refractivity contribution in [2.24, 2.45) is 0 Å². The molecule has 2 rings (SSSR count). The fourth-order valence-electron chi connectivity index (χ4n) is 2.10. The number of nitrogens with zero attached hydrogens (tertiary/aromatic N) is 1. The van der Waals surface area contributed by atoms with Gasteiger partial charge < -0.3 is 5.11 Å². The smallest absolute Gasteiger partial charge is 0.147 e. The lowest BCUT2D eigenvalue weighted by Crippen LogP contribution is -2.06. The number of aromatic nitrogens is 1. The van der Waals surface area contributed by atoms with E-state index in [0.717, 1.165) is 16.5 Å². The van der Waals surface area contributed by atoms with Crippen molar-refractivity contribution in [2.45, 2.75) is 18.9 Å². The van der Waals surface area contributed by atoms with Gasteiger partial charge in [-0.3, -0.25) is 4.98 Å². The zero-order valence-electron chi connectivity index (χ0n) is 10.8. The van der Waals surface area contributed by atoms with Crippen molar-refractivity contribution in [3.05, 3.63) is 42.1 Å². The third kappa shape index (κ3) is 3.75. The average Bonchev–Trinajstić information content (AvgIpc) is 2.36. The molecule has 0 amide bonds. The van der Waals surface area contributed by atoms with E-state index >= 15 is 0 Å². The van der Waals surface area contributed by atoms with Crippen molar-refractivity contribution in [2.75, 3.05) is 12.0 Å². The van der Waals surface area contributed by atoms with Crippen LogP contribution in [0.1, 0.15) is 24.5 Å². The lowest BCUT2D eigenvalue weighted by atomic mass is 10.0. The van der Waals surface area contributed by atoms with Crippen LogP contribution >= 0.6 is 0 Å². The van der Waals surface area contributed by atoms with Crippen LogP contribution in [0.4, 0.5) is 0 Å².